The molecule has 2 heterocycles. The summed E-state index contributed by atoms with van der Waals surface area (Å²) in [6.45, 7) is 0.623. The van der Waals surface area contributed by atoms with Gasteiger partial charge in [0.15, 0.2) is 0 Å². The van der Waals surface area contributed by atoms with Crippen LogP contribution in [0, 0.1) is 0 Å². The molecule has 1 aliphatic rings. The zero-order valence-electron chi connectivity index (χ0n) is 10.0. The second-order valence-electron chi connectivity index (χ2n) is 4.45. The van der Waals surface area contributed by atoms with E-state index in [1.54, 1.807) is 4.57 Å². The van der Waals surface area contributed by atoms with Gasteiger partial charge in [0.05, 0.1) is 17.1 Å². The maximum atomic E-state index is 11.8. The topological polar surface area (TPSA) is 70.0 Å². The summed E-state index contributed by atoms with van der Waals surface area (Å²) in [5.74, 6) is 0. The summed E-state index contributed by atoms with van der Waals surface area (Å²) < 4.78 is 1.71. The number of aliphatic hydroxyl groups excluding tert-OH is 1. The van der Waals surface area contributed by atoms with Crippen LogP contribution in [0.3, 0.4) is 0 Å². The van der Waals surface area contributed by atoms with E-state index >= 15 is 0 Å². The zero-order chi connectivity index (χ0) is 12.0. The molecule has 0 saturated carbocycles. The lowest BCUT2D eigenvalue weighted by molar-refractivity contribution is 0.130. The predicted molar refractivity (Wildman–Crippen MR) is 72.2 cm³/mol. The Bertz CT molecular complexity index is 619. The number of nitrogens with zero attached hydrogens (tertiary/aromatic N) is 1. The summed E-state index contributed by atoms with van der Waals surface area (Å²) in [5.41, 5.74) is 2.35. The van der Waals surface area contributed by atoms with Gasteiger partial charge in [0, 0.05) is 18.2 Å². The van der Waals surface area contributed by atoms with Crippen LogP contribution >= 0.6 is 12.4 Å². The molecule has 5 nitrogen and oxygen atoms in total. The summed E-state index contributed by atoms with van der Waals surface area (Å²) in [7, 11) is 1.83. The van der Waals surface area contributed by atoms with Crippen LogP contribution in [0.15, 0.2) is 23.0 Å². The highest BCUT2D eigenvalue weighted by molar-refractivity contribution is 5.85. The number of aliphatic hydroxyl groups is 1. The molecule has 0 fully saturated rings. The Balaban J connectivity index is 0.00000120. The number of hydrogen-bond donors (Lipinski definition) is 3. The number of aromatic nitrogens is 2. The van der Waals surface area contributed by atoms with Gasteiger partial charge in [-0.3, -0.25) is 4.57 Å². The van der Waals surface area contributed by atoms with E-state index in [0.29, 0.717) is 6.54 Å². The number of benzene rings is 1. The molecule has 3 rings (SSSR count). The van der Waals surface area contributed by atoms with E-state index < -0.39 is 6.10 Å². The fraction of sp³-hybridized carbons (Fsp3) is 0.417. The van der Waals surface area contributed by atoms with Crippen molar-refractivity contribution < 1.29 is 5.11 Å². The molecule has 2 unspecified atom stereocenters. The van der Waals surface area contributed by atoms with Gasteiger partial charge >= 0.3 is 5.69 Å². The molecular weight excluding hydrogens is 254 g/mol. The van der Waals surface area contributed by atoms with Crippen LogP contribution in [0.2, 0.25) is 0 Å². The van der Waals surface area contributed by atoms with E-state index in [-0.39, 0.29) is 24.1 Å². The normalized spacial score (nSPS) is 22.6. The van der Waals surface area contributed by atoms with E-state index in [0.717, 1.165) is 23.0 Å². The van der Waals surface area contributed by atoms with E-state index in [1.807, 2.05) is 25.2 Å². The van der Waals surface area contributed by atoms with E-state index in [9.17, 15) is 9.90 Å². The highest BCUT2D eigenvalue weighted by Gasteiger charge is 2.26. The molecule has 0 saturated heterocycles. The summed E-state index contributed by atoms with van der Waals surface area (Å²) in [5, 5.41) is 13.4. The average molecular weight is 270 g/mol. The fourth-order valence-electron chi connectivity index (χ4n) is 2.64. The van der Waals surface area contributed by atoms with Crippen molar-refractivity contribution in [1.29, 1.82) is 0 Å². The molecule has 0 radical (unpaired) electrons. The molecule has 6 heteroatoms. The average Bonchev–Trinajstić information content (AvgIpc) is 2.56. The first kappa shape index (κ1) is 13.1. The van der Waals surface area contributed by atoms with Gasteiger partial charge in [-0.15, -0.1) is 12.4 Å². The minimum absolute atomic E-state index is 0. The van der Waals surface area contributed by atoms with E-state index in [1.165, 1.54) is 0 Å². The second-order valence-corrected chi connectivity index (χ2v) is 4.45. The third-order valence-electron chi connectivity index (χ3n) is 3.56. The van der Waals surface area contributed by atoms with E-state index in [4.69, 9.17) is 0 Å². The molecule has 1 aromatic carbocycles. The number of halogens is 1. The van der Waals surface area contributed by atoms with Crippen LogP contribution in [0.1, 0.15) is 18.1 Å². The lowest BCUT2D eigenvalue weighted by atomic mass is 10.0. The first-order valence-electron chi connectivity index (χ1n) is 5.79. The molecule has 0 amide bonds. The minimum atomic E-state index is -0.576. The van der Waals surface area contributed by atoms with Crippen molar-refractivity contribution >= 4 is 23.4 Å². The molecule has 3 N–H and O–H groups in total. The van der Waals surface area contributed by atoms with Gasteiger partial charge in [0.25, 0.3) is 0 Å². The van der Waals surface area contributed by atoms with Gasteiger partial charge in [0.1, 0.15) is 0 Å². The summed E-state index contributed by atoms with van der Waals surface area (Å²) in [6.07, 6.45) is 0.159. The van der Waals surface area contributed by atoms with Crippen molar-refractivity contribution in [1.82, 2.24) is 14.9 Å². The van der Waals surface area contributed by atoms with Crippen molar-refractivity contribution in [3.05, 3.63) is 34.2 Å². The largest absolute Gasteiger partial charge is 0.387 e. The number of para-hydroxylation sites is 1. The highest BCUT2D eigenvalue weighted by Crippen LogP contribution is 2.29. The van der Waals surface area contributed by atoms with Gasteiger partial charge in [0.2, 0.25) is 0 Å². The number of H-pyrrole nitrogens is 1. The quantitative estimate of drug-likeness (QED) is 0.716. The molecule has 0 spiro atoms. The summed E-state index contributed by atoms with van der Waals surface area (Å²) in [4.78, 5) is 14.6. The number of imidazole rings is 1. The SMILES string of the molecule is CNC1CCn2c(=O)[nH]c3cccc(c32)C1O.Cl. The first-order chi connectivity index (χ1) is 8.22. The van der Waals surface area contributed by atoms with Crippen LogP contribution in [0.4, 0.5) is 0 Å². The van der Waals surface area contributed by atoms with Gasteiger partial charge in [-0.05, 0) is 19.5 Å². The molecule has 0 aliphatic carbocycles. The van der Waals surface area contributed by atoms with Crippen LogP contribution < -0.4 is 11.0 Å². The van der Waals surface area contributed by atoms with Crippen molar-refractivity contribution in [2.24, 2.45) is 0 Å². The molecule has 2 aromatic rings. The summed E-state index contributed by atoms with van der Waals surface area (Å²) in [6, 6.07) is 5.59. The number of nitrogens with one attached hydrogen (secondary N) is 2. The maximum absolute atomic E-state index is 11.8. The molecular formula is C12H16ClN3O2. The number of aromatic amines is 1. The van der Waals surface area contributed by atoms with Crippen LogP contribution in [0.5, 0.6) is 0 Å². The van der Waals surface area contributed by atoms with Crippen molar-refractivity contribution in [3.8, 4) is 0 Å². The standard InChI is InChI=1S/C12H15N3O2.ClH/c1-13-9-5-6-15-10-7(11(9)16)3-2-4-8(10)14-12(15)17;/h2-4,9,11,13,16H,5-6H2,1H3,(H,14,17);1H. The Labute approximate surface area is 110 Å². The second kappa shape index (κ2) is 4.76. The number of aryl methyl sites for hydroxylation is 1. The zero-order valence-corrected chi connectivity index (χ0v) is 10.8. The Hall–Kier alpha value is -1.30. The summed E-state index contributed by atoms with van der Waals surface area (Å²) >= 11 is 0. The van der Waals surface area contributed by atoms with Crippen molar-refractivity contribution in [3.63, 3.8) is 0 Å². The Morgan fingerprint density at radius 1 is 1.50 bits per heavy atom. The van der Waals surface area contributed by atoms with Crippen LogP contribution in [-0.2, 0) is 6.54 Å². The molecule has 1 aromatic heterocycles. The molecule has 1 aliphatic heterocycles. The minimum Gasteiger partial charge on any atom is -0.387 e. The smallest absolute Gasteiger partial charge is 0.326 e. The van der Waals surface area contributed by atoms with Gasteiger partial charge in [-0.25, -0.2) is 4.79 Å². The third kappa shape index (κ3) is 1.75. The lowest BCUT2D eigenvalue weighted by Gasteiger charge is -2.20. The third-order valence-corrected chi connectivity index (χ3v) is 3.56. The van der Waals surface area contributed by atoms with E-state index in [2.05, 4.69) is 10.3 Å². The molecule has 2 atom stereocenters. The number of rotatable bonds is 1. The molecule has 0 bridgehead atoms. The van der Waals surface area contributed by atoms with Gasteiger partial charge in [-0.1, -0.05) is 12.1 Å². The molecule has 98 valence electrons. The van der Waals surface area contributed by atoms with Crippen molar-refractivity contribution in [2.45, 2.75) is 25.1 Å². The van der Waals surface area contributed by atoms with Crippen LogP contribution in [0.25, 0.3) is 11.0 Å². The monoisotopic (exact) mass is 269 g/mol. The lowest BCUT2D eigenvalue weighted by Crippen LogP contribution is -2.32. The number of hydrogen-bond acceptors (Lipinski definition) is 3. The fourth-order valence-corrected chi connectivity index (χ4v) is 2.64. The maximum Gasteiger partial charge on any atom is 0.326 e. The Kier molecular flexibility index (Phi) is 3.47. The molecule has 18 heavy (non-hydrogen) atoms. The highest BCUT2D eigenvalue weighted by atomic mass is 35.5. The first-order valence-corrected chi connectivity index (χ1v) is 5.79. The van der Waals surface area contributed by atoms with Crippen LogP contribution in [-0.4, -0.2) is 27.7 Å². The Morgan fingerprint density at radius 3 is 3.00 bits per heavy atom. The van der Waals surface area contributed by atoms with Crippen molar-refractivity contribution in [2.75, 3.05) is 7.05 Å². The predicted octanol–water partition coefficient (Wildman–Crippen LogP) is 0.776. The van der Waals surface area contributed by atoms with Gasteiger partial charge in [-0.2, -0.15) is 0 Å². The number of likely N-dealkylation sites (N-methyl/N-ethyl adjacent to an activating group) is 1. The Morgan fingerprint density at radius 2 is 2.28 bits per heavy atom. The van der Waals surface area contributed by atoms with Gasteiger partial charge < -0.3 is 15.4 Å².